The molecule has 0 atom stereocenters. The Kier molecular flexibility index (Phi) is 3.12. The number of piperidine rings is 1. The number of aromatic nitrogens is 1. The molecule has 3 heterocycles. The van der Waals surface area contributed by atoms with Gasteiger partial charge >= 0.3 is 6.03 Å². The Bertz CT molecular complexity index is 620. The number of nitrogens with zero attached hydrogens (tertiary/aromatic N) is 2. The number of pyridine rings is 1. The molecular formula is C14H16N4O3. The largest absolute Gasteiger partial charge is 0.337 e. The Balaban J connectivity index is 1.70. The molecule has 0 aliphatic carbocycles. The zero-order valence-electron chi connectivity index (χ0n) is 11.7. The summed E-state index contributed by atoms with van der Waals surface area (Å²) < 4.78 is 0. The highest BCUT2D eigenvalue weighted by molar-refractivity contribution is 6.07. The third-order valence-corrected chi connectivity index (χ3v) is 4.03. The van der Waals surface area contributed by atoms with E-state index in [0.29, 0.717) is 31.6 Å². The van der Waals surface area contributed by atoms with Crippen LogP contribution in [0.25, 0.3) is 0 Å². The molecule has 0 unspecified atom stereocenters. The minimum atomic E-state index is -0.853. The molecule has 2 fully saturated rings. The first-order chi connectivity index (χ1) is 10.00. The van der Waals surface area contributed by atoms with Crippen molar-refractivity contribution >= 4 is 17.8 Å². The van der Waals surface area contributed by atoms with Crippen LogP contribution in [-0.2, 0) is 4.79 Å². The first kappa shape index (κ1) is 13.5. The predicted molar refractivity (Wildman–Crippen MR) is 73.5 cm³/mol. The minimum Gasteiger partial charge on any atom is -0.337 e. The van der Waals surface area contributed by atoms with E-state index >= 15 is 0 Å². The van der Waals surface area contributed by atoms with Crippen molar-refractivity contribution in [3.63, 3.8) is 0 Å². The minimum absolute atomic E-state index is 0.140. The van der Waals surface area contributed by atoms with Gasteiger partial charge in [-0.05, 0) is 31.9 Å². The van der Waals surface area contributed by atoms with Crippen LogP contribution in [0.1, 0.15) is 29.0 Å². The quantitative estimate of drug-likeness (QED) is 0.722. The van der Waals surface area contributed by atoms with Crippen molar-refractivity contribution in [3.05, 3.63) is 29.6 Å². The van der Waals surface area contributed by atoms with Crippen molar-refractivity contribution in [1.29, 1.82) is 0 Å². The van der Waals surface area contributed by atoms with Crippen molar-refractivity contribution < 1.29 is 14.4 Å². The molecule has 4 amide bonds. The van der Waals surface area contributed by atoms with E-state index < -0.39 is 11.6 Å². The summed E-state index contributed by atoms with van der Waals surface area (Å²) in [6, 6.07) is 4.86. The highest BCUT2D eigenvalue weighted by atomic mass is 16.2. The van der Waals surface area contributed by atoms with Crippen LogP contribution in [0.5, 0.6) is 0 Å². The number of likely N-dealkylation sites (tertiary alicyclic amines) is 1. The fourth-order valence-corrected chi connectivity index (χ4v) is 2.80. The van der Waals surface area contributed by atoms with Gasteiger partial charge in [-0.15, -0.1) is 0 Å². The second kappa shape index (κ2) is 4.83. The molecule has 0 bridgehead atoms. The maximum Gasteiger partial charge on any atom is 0.322 e. The molecular weight excluding hydrogens is 272 g/mol. The average molecular weight is 288 g/mol. The molecule has 7 heteroatoms. The van der Waals surface area contributed by atoms with Gasteiger partial charge in [-0.3, -0.25) is 14.9 Å². The average Bonchev–Trinajstić information content (AvgIpc) is 2.73. The Labute approximate surface area is 121 Å². The van der Waals surface area contributed by atoms with Crippen LogP contribution in [0.3, 0.4) is 0 Å². The van der Waals surface area contributed by atoms with E-state index in [0.717, 1.165) is 5.69 Å². The fraction of sp³-hybridized carbons (Fsp3) is 0.429. The number of nitrogens with one attached hydrogen (secondary N) is 2. The van der Waals surface area contributed by atoms with E-state index in [1.807, 2.05) is 13.0 Å². The molecule has 21 heavy (non-hydrogen) atoms. The molecule has 3 rings (SSSR count). The van der Waals surface area contributed by atoms with E-state index in [9.17, 15) is 14.4 Å². The van der Waals surface area contributed by atoms with Gasteiger partial charge in [0.05, 0.1) is 0 Å². The van der Waals surface area contributed by atoms with E-state index in [4.69, 9.17) is 0 Å². The van der Waals surface area contributed by atoms with Gasteiger partial charge in [-0.2, -0.15) is 0 Å². The van der Waals surface area contributed by atoms with Gasteiger partial charge in [0.25, 0.3) is 11.8 Å². The summed E-state index contributed by atoms with van der Waals surface area (Å²) in [5.41, 5.74) is 0.344. The summed E-state index contributed by atoms with van der Waals surface area (Å²) >= 11 is 0. The third kappa shape index (κ3) is 2.35. The molecule has 2 aliphatic rings. The number of carbonyl (C=O) groups is 3. The van der Waals surface area contributed by atoms with Gasteiger partial charge in [0.2, 0.25) is 0 Å². The standard InChI is InChI=1S/C14H16N4O3/c1-9-3-2-4-10(15-9)11(19)18-7-5-14(6-8-18)12(20)16-13(21)17-14/h2-4H,5-8H2,1H3,(H2,16,17,20,21). The molecule has 0 radical (unpaired) electrons. The number of urea groups is 1. The van der Waals surface area contributed by atoms with Crippen molar-refractivity contribution in [2.24, 2.45) is 0 Å². The smallest absolute Gasteiger partial charge is 0.322 e. The maximum absolute atomic E-state index is 12.4. The lowest BCUT2D eigenvalue weighted by atomic mass is 9.87. The second-order valence-corrected chi connectivity index (χ2v) is 5.45. The van der Waals surface area contributed by atoms with Crippen LogP contribution in [0, 0.1) is 6.92 Å². The Morgan fingerprint density at radius 1 is 1.29 bits per heavy atom. The van der Waals surface area contributed by atoms with Crippen LogP contribution in [-0.4, -0.2) is 46.4 Å². The van der Waals surface area contributed by atoms with Crippen molar-refractivity contribution in [1.82, 2.24) is 20.5 Å². The third-order valence-electron chi connectivity index (χ3n) is 4.03. The van der Waals surface area contributed by atoms with Crippen LogP contribution >= 0.6 is 0 Å². The predicted octanol–water partition coefficient (Wildman–Crippen LogP) is 0.204. The molecule has 110 valence electrons. The van der Waals surface area contributed by atoms with Gasteiger partial charge < -0.3 is 10.2 Å². The van der Waals surface area contributed by atoms with E-state index in [-0.39, 0.29) is 11.8 Å². The van der Waals surface area contributed by atoms with Crippen molar-refractivity contribution in [2.45, 2.75) is 25.3 Å². The maximum atomic E-state index is 12.4. The molecule has 2 saturated heterocycles. The van der Waals surface area contributed by atoms with E-state index in [2.05, 4.69) is 15.6 Å². The fourth-order valence-electron chi connectivity index (χ4n) is 2.80. The van der Waals surface area contributed by atoms with Crippen molar-refractivity contribution in [2.75, 3.05) is 13.1 Å². The lowest BCUT2D eigenvalue weighted by molar-refractivity contribution is -0.125. The summed E-state index contributed by atoms with van der Waals surface area (Å²) in [4.78, 5) is 41.4. The molecule has 1 spiro atoms. The highest BCUT2D eigenvalue weighted by Crippen LogP contribution is 2.26. The zero-order valence-corrected chi connectivity index (χ0v) is 11.7. The van der Waals surface area contributed by atoms with Crippen LogP contribution < -0.4 is 10.6 Å². The second-order valence-electron chi connectivity index (χ2n) is 5.45. The van der Waals surface area contributed by atoms with E-state index in [1.165, 1.54) is 0 Å². The van der Waals surface area contributed by atoms with E-state index in [1.54, 1.807) is 17.0 Å². The van der Waals surface area contributed by atoms with Crippen LogP contribution in [0.4, 0.5) is 4.79 Å². The molecule has 0 saturated carbocycles. The number of hydrogen-bond donors (Lipinski definition) is 2. The summed E-state index contributed by atoms with van der Waals surface area (Å²) in [5, 5.41) is 4.93. The van der Waals surface area contributed by atoms with Gasteiger partial charge in [0.1, 0.15) is 11.2 Å². The molecule has 0 aromatic carbocycles. The number of carbonyl (C=O) groups excluding carboxylic acids is 3. The summed E-state index contributed by atoms with van der Waals surface area (Å²) in [7, 11) is 0. The zero-order chi connectivity index (χ0) is 15.0. The Hall–Kier alpha value is -2.44. The summed E-state index contributed by atoms with van der Waals surface area (Å²) in [6.45, 7) is 2.67. The Morgan fingerprint density at radius 3 is 2.57 bits per heavy atom. The van der Waals surface area contributed by atoms with Gasteiger partial charge in [-0.25, -0.2) is 9.78 Å². The highest BCUT2D eigenvalue weighted by Gasteiger charge is 2.48. The molecule has 1 aromatic rings. The van der Waals surface area contributed by atoms with Gasteiger partial charge in [0, 0.05) is 18.8 Å². The number of amides is 4. The molecule has 2 aliphatic heterocycles. The molecule has 7 nitrogen and oxygen atoms in total. The first-order valence-corrected chi connectivity index (χ1v) is 6.87. The normalized spacial score (nSPS) is 20.3. The lowest BCUT2D eigenvalue weighted by Crippen LogP contribution is -2.55. The summed E-state index contributed by atoms with van der Waals surface area (Å²) in [6.07, 6.45) is 0.838. The van der Waals surface area contributed by atoms with Crippen molar-refractivity contribution in [3.8, 4) is 0 Å². The number of hydrogen-bond acceptors (Lipinski definition) is 4. The number of rotatable bonds is 1. The Morgan fingerprint density at radius 2 is 2.00 bits per heavy atom. The summed E-state index contributed by atoms with van der Waals surface area (Å²) in [5.74, 6) is -0.438. The van der Waals surface area contributed by atoms with Crippen LogP contribution in [0.2, 0.25) is 0 Å². The van der Waals surface area contributed by atoms with Gasteiger partial charge in [0.15, 0.2) is 0 Å². The lowest BCUT2D eigenvalue weighted by Gasteiger charge is -2.36. The monoisotopic (exact) mass is 288 g/mol. The topological polar surface area (TPSA) is 91.4 Å². The number of aryl methyl sites for hydroxylation is 1. The van der Waals surface area contributed by atoms with Gasteiger partial charge in [-0.1, -0.05) is 6.07 Å². The first-order valence-electron chi connectivity index (χ1n) is 6.87. The molecule has 2 N–H and O–H groups in total. The number of imide groups is 1. The van der Waals surface area contributed by atoms with Crippen LogP contribution in [0.15, 0.2) is 18.2 Å². The molecule has 1 aromatic heterocycles. The SMILES string of the molecule is Cc1cccc(C(=O)N2CCC3(CC2)NC(=O)NC3=O)n1.